The summed E-state index contributed by atoms with van der Waals surface area (Å²) < 4.78 is 25.2. The predicted molar refractivity (Wildman–Crippen MR) is 79.3 cm³/mol. The monoisotopic (exact) mass is 324 g/mol. The van der Waals surface area contributed by atoms with Gasteiger partial charge in [-0.2, -0.15) is 5.26 Å². The van der Waals surface area contributed by atoms with E-state index in [9.17, 15) is 13.2 Å². The molecule has 0 aliphatic heterocycles. The maximum atomic E-state index is 12.6. The van der Waals surface area contributed by atoms with Crippen LogP contribution in [0.1, 0.15) is 32.6 Å². The molecule has 22 heavy (non-hydrogen) atoms. The molecule has 120 valence electrons. The fourth-order valence-electron chi connectivity index (χ4n) is 3.12. The molecule has 1 heterocycles. The van der Waals surface area contributed by atoms with Crippen LogP contribution < -0.4 is 5.32 Å². The van der Waals surface area contributed by atoms with Gasteiger partial charge in [0.2, 0.25) is 20.9 Å². The summed E-state index contributed by atoms with van der Waals surface area (Å²) in [5.74, 6) is -0.864. The van der Waals surface area contributed by atoms with E-state index < -0.39 is 15.1 Å². The van der Waals surface area contributed by atoms with Crippen molar-refractivity contribution in [1.29, 1.82) is 5.26 Å². The molecule has 1 aromatic heterocycles. The van der Waals surface area contributed by atoms with Crippen molar-refractivity contribution < 1.29 is 13.2 Å². The molecule has 0 bridgehead atoms. The largest absolute Gasteiger partial charge is 0.343 e. The molecule has 1 saturated carbocycles. The van der Waals surface area contributed by atoms with Gasteiger partial charge in [-0.15, -0.1) is 0 Å². The number of aromatic nitrogens is 2. The summed E-state index contributed by atoms with van der Waals surface area (Å²) in [5.41, 5.74) is 0. The number of amides is 1. The third-order valence-corrected chi connectivity index (χ3v) is 6.42. The lowest BCUT2D eigenvalue weighted by Crippen LogP contribution is -2.43. The van der Waals surface area contributed by atoms with Gasteiger partial charge >= 0.3 is 0 Å². The highest BCUT2D eigenvalue weighted by Gasteiger charge is 2.41. The van der Waals surface area contributed by atoms with Crippen molar-refractivity contribution in [3.8, 4) is 6.07 Å². The van der Waals surface area contributed by atoms with Crippen LogP contribution in [-0.2, 0) is 14.6 Å². The number of aromatic amines is 1. The molecule has 0 radical (unpaired) electrons. The molecule has 2 N–H and O–H groups in total. The zero-order valence-electron chi connectivity index (χ0n) is 12.4. The average Bonchev–Trinajstić information content (AvgIpc) is 3.07. The Hall–Kier alpha value is -1.88. The minimum absolute atomic E-state index is 0.0539. The van der Waals surface area contributed by atoms with Gasteiger partial charge in [-0.3, -0.25) is 4.79 Å². The normalized spacial score (nSPS) is 23.5. The molecule has 1 aliphatic carbocycles. The Morgan fingerprint density at radius 2 is 2.27 bits per heavy atom. The molecule has 2 rings (SSSR count). The van der Waals surface area contributed by atoms with Crippen LogP contribution in [0.3, 0.4) is 0 Å². The molecule has 1 amide bonds. The van der Waals surface area contributed by atoms with E-state index in [4.69, 9.17) is 5.26 Å². The van der Waals surface area contributed by atoms with E-state index >= 15 is 0 Å². The third kappa shape index (κ3) is 3.30. The van der Waals surface area contributed by atoms with Crippen LogP contribution >= 0.6 is 0 Å². The first kappa shape index (κ1) is 16.5. The smallest absolute Gasteiger partial charge is 0.225 e. The van der Waals surface area contributed by atoms with Gasteiger partial charge in [0.05, 0.1) is 11.3 Å². The topological polar surface area (TPSA) is 116 Å². The zero-order valence-corrected chi connectivity index (χ0v) is 13.3. The minimum atomic E-state index is -3.59. The van der Waals surface area contributed by atoms with E-state index in [2.05, 4.69) is 15.3 Å². The maximum absolute atomic E-state index is 12.6. The third-order valence-electron chi connectivity index (χ3n) is 4.33. The Labute approximate surface area is 130 Å². The fourth-order valence-corrected chi connectivity index (χ4v) is 4.70. The van der Waals surface area contributed by atoms with Gasteiger partial charge < -0.3 is 10.3 Å². The van der Waals surface area contributed by atoms with Crippen LogP contribution in [0.25, 0.3) is 0 Å². The number of H-pyrrole nitrogens is 1. The van der Waals surface area contributed by atoms with Crippen molar-refractivity contribution in [2.45, 2.75) is 43.0 Å². The second-order valence-electron chi connectivity index (χ2n) is 5.58. The van der Waals surface area contributed by atoms with E-state index in [1.54, 1.807) is 6.92 Å². The van der Waals surface area contributed by atoms with E-state index in [0.29, 0.717) is 12.8 Å². The van der Waals surface area contributed by atoms with Crippen molar-refractivity contribution in [3.05, 3.63) is 12.4 Å². The number of hydrogen-bond acceptors (Lipinski definition) is 5. The van der Waals surface area contributed by atoms with Gasteiger partial charge in [-0.1, -0.05) is 12.8 Å². The maximum Gasteiger partial charge on any atom is 0.225 e. The Morgan fingerprint density at radius 1 is 1.55 bits per heavy atom. The van der Waals surface area contributed by atoms with Gasteiger partial charge in [0.15, 0.2) is 0 Å². The number of carbonyl (C=O) groups excluding carboxylic acids is 1. The highest BCUT2D eigenvalue weighted by molar-refractivity contribution is 7.91. The molecular weight excluding hydrogens is 304 g/mol. The fraction of sp³-hybridized carbons (Fsp3) is 0.643. The number of imidazole rings is 1. The summed E-state index contributed by atoms with van der Waals surface area (Å²) in [6.45, 7) is 1.58. The average molecular weight is 324 g/mol. The van der Waals surface area contributed by atoms with Crippen molar-refractivity contribution in [1.82, 2.24) is 15.3 Å². The van der Waals surface area contributed by atoms with Gasteiger partial charge in [-0.05, 0) is 25.7 Å². The summed E-state index contributed by atoms with van der Waals surface area (Å²) in [5, 5.41) is 10.4. The molecule has 7 nitrogen and oxygen atoms in total. The van der Waals surface area contributed by atoms with E-state index in [1.807, 2.05) is 6.07 Å². The summed E-state index contributed by atoms with van der Waals surface area (Å²) in [6, 6.07) is 1.87. The van der Waals surface area contributed by atoms with Crippen LogP contribution in [0.5, 0.6) is 0 Å². The molecule has 1 fully saturated rings. The molecule has 1 aromatic rings. The van der Waals surface area contributed by atoms with Crippen LogP contribution in [0.15, 0.2) is 17.6 Å². The van der Waals surface area contributed by atoms with Crippen molar-refractivity contribution in [2.24, 2.45) is 11.8 Å². The quantitative estimate of drug-likeness (QED) is 0.784. The summed E-state index contributed by atoms with van der Waals surface area (Å²) in [6.07, 6.45) is 6.01. The Balaban J connectivity index is 2.20. The minimum Gasteiger partial charge on any atom is -0.343 e. The first-order valence-corrected chi connectivity index (χ1v) is 8.91. The van der Waals surface area contributed by atoms with Gasteiger partial charge in [0, 0.05) is 18.3 Å². The van der Waals surface area contributed by atoms with Crippen molar-refractivity contribution in [3.63, 3.8) is 0 Å². The molecule has 8 heteroatoms. The second kappa shape index (κ2) is 6.92. The number of carbonyl (C=O) groups is 1. The number of hydrogen-bond donors (Lipinski definition) is 2. The molecule has 0 aromatic carbocycles. The number of sulfone groups is 1. The molecular formula is C14H20N4O3S. The zero-order chi connectivity index (χ0) is 16.2. The number of nitrogens with zero attached hydrogens (tertiary/aromatic N) is 2. The first-order valence-electron chi connectivity index (χ1n) is 7.36. The Morgan fingerprint density at radius 3 is 2.91 bits per heavy atom. The van der Waals surface area contributed by atoms with Crippen molar-refractivity contribution >= 4 is 15.7 Å². The molecule has 0 spiro atoms. The van der Waals surface area contributed by atoms with Crippen molar-refractivity contribution in [2.75, 3.05) is 6.54 Å². The van der Waals surface area contributed by atoms with Gasteiger partial charge in [0.1, 0.15) is 6.54 Å². The van der Waals surface area contributed by atoms with Crippen LogP contribution in [-0.4, -0.2) is 36.1 Å². The Bertz CT molecular complexity index is 648. The molecule has 1 unspecified atom stereocenters. The van der Waals surface area contributed by atoms with E-state index in [-0.39, 0.29) is 29.4 Å². The lowest BCUT2D eigenvalue weighted by molar-refractivity contribution is -0.127. The highest BCUT2D eigenvalue weighted by atomic mass is 32.2. The number of nitrogens with one attached hydrogen (secondary N) is 2. The highest BCUT2D eigenvalue weighted by Crippen LogP contribution is 2.36. The summed E-state index contributed by atoms with van der Waals surface area (Å²) in [4.78, 5) is 18.7. The summed E-state index contributed by atoms with van der Waals surface area (Å²) in [7, 11) is -3.59. The van der Waals surface area contributed by atoms with Crippen LogP contribution in [0.2, 0.25) is 0 Å². The van der Waals surface area contributed by atoms with Crippen LogP contribution in [0.4, 0.5) is 0 Å². The van der Waals surface area contributed by atoms with E-state index in [1.165, 1.54) is 12.4 Å². The lowest BCUT2D eigenvalue weighted by Gasteiger charge is -2.33. The van der Waals surface area contributed by atoms with Gasteiger partial charge in [-0.25, -0.2) is 13.4 Å². The number of rotatable bonds is 5. The second-order valence-corrected chi connectivity index (χ2v) is 7.80. The van der Waals surface area contributed by atoms with E-state index in [0.717, 1.165) is 12.8 Å². The van der Waals surface area contributed by atoms with Gasteiger partial charge in [0.25, 0.3) is 0 Å². The van der Waals surface area contributed by atoms with Crippen LogP contribution in [0, 0.1) is 23.2 Å². The first-order chi connectivity index (χ1) is 10.5. The Kier molecular flexibility index (Phi) is 5.19. The number of nitriles is 1. The summed E-state index contributed by atoms with van der Waals surface area (Å²) >= 11 is 0. The molecule has 1 aliphatic rings. The SMILES string of the molecule is CC([C@H]1CCCC[C@@H]1C(=O)NCC#N)S(=O)(=O)c1ncc[nH]1. The lowest BCUT2D eigenvalue weighted by atomic mass is 9.77. The standard InChI is InChI=1S/C14H20N4O3S/c1-10(22(20,21)14-17-8-9-18-14)11-4-2-3-5-12(11)13(19)16-7-6-15/h8-12H,2-5,7H2,1H3,(H,16,19)(H,17,18)/t10?,11-,12+/m1/s1. The molecule has 3 atom stereocenters. The predicted octanol–water partition coefficient (Wildman–Crippen LogP) is 1.02. The molecule has 0 saturated heterocycles.